The first-order valence-corrected chi connectivity index (χ1v) is 5.93. The van der Waals surface area contributed by atoms with E-state index in [0.717, 1.165) is 24.8 Å². The number of rotatable bonds is 4. The van der Waals surface area contributed by atoms with E-state index in [2.05, 4.69) is 17.1 Å². The van der Waals surface area contributed by atoms with Crippen LogP contribution in [-0.2, 0) is 6.42 Å². The smallest absolute Gasteiger partial charge is 0.0938 e. The van der Waals surface area contributed by atoms with E-state index in [9.17, 15) is 0 Å². The molecule has 0 aliphatic carbocycles. The lowest BCUT2D eigenvalue weighted by Crippen LogP contribution is -1.83. The second kappa shape index (κ2) is 4.90. The number of para-hydroxylation sites is 1. The van der Waals surface area contributed by atoms with E-state index in [-0.39, 0.29) is 0 Å². The van der Waals surface area contributed by atoms with Crippen LogP contribution in [0, 0.1) is 11.3 Å². The summed E-state index contributed by atoms with van der Waals surface area (Å²) >= 11 is 1.76. The Morgan fingerprint density at radius 3 is 2.93 bits per heavy atom. The minimum atomic E-state index is 0.658. The number of hydrogen-bond acceptors (Lipinski definition) is 3. The molecule has 0 unspecified atom stereocenters. The van der Waals surface area contributed by atoms with E-state index in [0.29, 0.717) is 6.42 Å². The van der Waals surface area contributed by atoms with Crippen molar-refractivity contribution in [2.45, 2.75) is 25.7 Å². The lowest BCUT2D eigenvalue weighted by atomic mass is 10.2. The van der Waals surface area contributed by atoms with Gasteiger partial charge in [0.2, 0.25) is 0 Å². The molecule has 0 aliphatic heterocycles. The molecule has 2 aromatic rings. The Morgan fingerprint density at radius 1 is 1.27 bits per heavy atom. The van der Waals surface area contributed by atoms with Crippen molar-refractivity contribution in [2.24, 2.45) is 0 Å². The Labute approximate surface area is 93.2 Å². The van der Waals surface area contributed by atoms with Crippen molar-refractivity contribution in [3.8, 4) is 6.07 Å². The summed E-state index contributed by atoms with van der Waals surface area (Å²) in [6.45, 7) is 0. The Morgan fingerprint density at radius 2 is 2.13 bits per heavy atom. The van der Waals surface area contributed by atoms with Crippen LogP contribution in [0.1, 0.15) is 24.3 Å². The number of aromatic nitrogens is 1. The average Bonchev–Trinajstić information content (AvgIpc) is 2.67. The first-order valence-electron chi connectivity index (χ1n) is 5.11. The molecule has 0 fully saturated rings. The minimum Gasteiger partial charge on any atom is -0.241 e. The molecule has 0 atom stereocenters. The molecule has 0 amide bonds. The molecule has 0 spiro atoms. The Kier molecular flexibility index (Phi) is 3.31. The maximum Gasteiger partial charge on any atom is 0.0938 e. The van der Waals surface area contributed by atoms with Crippen molar-refractivity contribution >= 4 is 21.6 Å². The number of fused-ring (bicyclic) bond motifs is 1. The van der Waals surface area contributed by atoms with Crippen LogP contribution in [0.2, 0.25) is 0 Å². The molecule has 0 radical (unpaired) electrons. The van der Waals surface area contributed by atoms with Crippen molar-refractivity contribution < 1.29 is 0 Å². The summed E-state index contributed by atoms with van der Waals surface area (Å²) in [6.07, 6.45) is 3.70. The minimum absolute atomic E-state index is 0.658. The van der Waals surface area contributed by atoms with E-state index in [4.69, 9.17) is 5.26 Å². The monoisotopic (exact) mass is 216 g/mol. The van der Waals surface area contributed by atoms with E-state index in [1.54, 1.807) is 11.3 Å². The number of benzene rings is 1. The molecular weight excluding hydrogens is 204 g/mol. The van der Waals surface area contributed by atoms with Gasteiger partial charge in [0.1, 0.15) is 0 Å². The number of aryl methyl sites for hydroxylation is 1. The van der Waals surface area contributed by atoms with Crippen LogP contribution in [0.4, 0.5) is 0 Å². The molecule has 2 nitrogen and oxygen atoms in total. The lowest BCUT2D eigenvalue weighted by Gasteiger charge is -1.91. The highest BCUT2D eigenvalue weighted by Crippen LogP contribution is 2.22. The Balaban J connectivity index is 2.00. The molecule has 1 aromatic carbocycles. The topological polar surface area (TPSA) is 36.7 Å². The van der Waals surface area contributed by atoms with E-state index >= 15 is 0 Å². The molecule has 0 aliphatic rings. The maximum atomic E-state index is 8.41. The first kappa shape index (κ1) is 10.1. The zero-order chi connectivity index (χ0) is 10.5. The summed E-state index contributed by atoms with van der Waals surface area (Å²) in [5, 5.41) is 9.60. The highest BCUT2D eigenvalue weighted by Gasteiger charge is 2.01. The molecule has 1 aromatic heterocycles. The third-order valence-corrected chi connectivity index (χ3v) is 3.36. The van der Waals surface area contributed by atoms with Gasteiger partial charge < -0.3 is 0 Å². The molecular formula is C12H12N2S. The lowest BCUT2D eigenvalue weighted by molar-refractivity contribution is 0.750. The van der Waals surface area contributed by atoms with Crippen LogP contribution < -0.4 is 0 Å². The van der Waals surface area contributed by atoms with Gasteiger partial charge in [-0.1, -0.05) is 12.1 Å². The third kappa shape index (κ3) is 2.54. The fourth-order valence-electron chi connectivity index (χ4n) is 1.51. The van der Waals surface area contributed by atoms with Crippen LogP contribution >= 0.6 is 11.3 Å². The van der Waals surface area contributed by atoms with Crippen LogP contribution in [0.3, 0.4) is 0 Å². The van der Waals surface area contributed by atoms with Crippen LogP contribution in [-0.4, -0.2) is 4.98 Å². The summed E-state index contributed by atoms with van der Waals surface area (Å²) in [5.41, 5.74) is 1.10. The second-order valence-corrected chi connectivity index (χ2v) is 4.56. The van der Waals surface area contributed by atoms with Gasteiger partial charge in [0.15, 0.2) is 0 Å². The number of thiazole rings is 1. The zero-order valence-electron chi connectivity index (χ0n) is 8.44. The molecule has 0 saturated heterocycles. The fourth-order valence-corrected chi connectivity index (χ4v) is 2.52. The van der Waals surface area contributed by atoms with E-state index in [1.165, 1.54) is 9.71 Å². The van der Waals surface area contributed by atoms with Gasteiger partial charge in [0, 0.05) is 6.42 Å². The van der Waals surface area contributed by atoms with Crippen LogP contribution in [0.5, 0.6) is 0 Å². The first-order chi connectivity index (χ1) is 7.40. The summed E-state index contributed by atoms with van der Waals surface area (Å²) in [4.78, 5) is 4.55. The van der Waals surface area contributed by atoms with Gasteiger partial charge in [-0.3, -0.25) is 0 Å². The zero-order valence-corrected chi connectivity index (χ0v) is 9.26. The Bertz CT molecular complexity index is 449. The standard InChI is InChI=1S/C12H12N2S/c13-9-5-1-2-8-12-14-10-6-3-4-7-11(10)15-12/h3-4,6-7H,1-2,5,8H2. The van der Waals surface area contributed by atoms with Gasteiger partial charge in [0.05, 0.1) is 21.3 Å². The van der Waals surface area contributed by atoms with Gasteiger partial charge in [-0.05, 0) is 31.4 Å². The predicted octanol–water partition coefficient (Wildman–Crippen LogP) is 3.53. The van der Waals surface area contributed by atoms with Gasteiger partial charge in [-0.2, -0.15) is 5.26 Å². The van der Waals surface area contributed by atoms with Gasteiger partial charge in [0.25, 0.3) is 0 Å². The molecule has 0 bridgehead atoms. The number of unbranched alkanes of at least 4 members (excludes halogenated alkanes) is 2. The SMILES string of the molecule is N#CCCCCc1nc2ccccc2s1. The number of nitrogens with zero attached hydrogens (tertiary/aromatic N) is 2. The van der Waals surface area contributed by atoms with Crippen molar-refractivity contribution in [1.82, 2.24) is 4.98 Å². The second-order valence-electron chi connectivity index (χ2n) is 3.44. The predicted molar refractivity (Wildman–Crippen MR) is 62.8 cm³/mol. The molecule has 2 rings (SSSR count). The van der Waals surface area contributed by atoms with Crippen molar-refractivity contribution in [3.05, 3.63) is 29.3 Å². The van der Waals surface area contributed by atoms with Gasteiger partial charge in [-0.25, -0.2) is 4.98 Å². The normalized spacial score (nSPS) is 10.3. The van der Waals surface area contributed by atoms with Crippen LogP contribution in [0.15, 0.2) is 24.3 Å². The summed E-state index contributed by atoms with van der Waals surface area (Å²) < 4.78 is 1.26. The van der Waals surface area contributed by atoms with Crippen LogP contribution in [0.25, 0.3) is 10.2 Å². The van der Waals surface area contributed by atoms with Gasteiger partial charge in [-0.15, -0.1) is 11.3 Å². The highest BCUT2D eigenvalue weighted by atomic mass is 32.1. The summed E-state index contributed by atoms with van der Waals surface area (Å²) in [7, 11) is 0. The summed E-state index contributed by atoms with van der Waals surface area (Å²) in [6, 6.07) is 10.4. The molecule has 0 N–H and O–H groups in total. The average molecular weight is 216 g/mol. The quantitative estimate of drug-likeness (QED) is 0.733. The van der Waals surface area contributed by atoms with Gasteiger partial charge >= 0.3 is 0 Å². The maximum absolute atomic E-state index is 8.41. The van der Waals surface area contributed by atoms with Crippen molar-refractivity contribution in [2.75, 3.05) is 0 Å². The molecule has 1 heterocycles. The highest BCUT2D eigenvalue weighted by molar-refractivity contribution is 7.18. The molecule has 3 heteroatoms. The largest absolute Gasteiger partial charge is 0.241 e. The molecule has 15 heavy (non-hydrogen) atoms. The fraction of sp³-hybridized carbons (Fsp3) is 0.333. The van der Waals surface area contributed by atoms with Crippen molar-refractivity contribution in [1.29, 1.82) is 5.26 Å². The number of nitriles is 1. The van der Waals surface area contributed by atoms with Crippen molar-refractivity contribution in [3.63, 3.8) is 0 Å². The molecule has 0 saturated carbocycles. The molecule has 76 valence electrons. The van der Waals surface area contributed by atoms with E-state index in [1.807, 2.05) is 18.2 Å². The number of hydrogen-bond donors (Lipinski definition) is 0. The third-order valence-electron chi connectivity index (χ3n) is 2.27. The Hall–Kier alpha value is -1.40. The summed E-state index contributed by atoms with van der Waals surface area (Å²) in [5.74, 6) is 0. The van der Waals surface area contributed by atoms with E-state index < -0.39 is 0 Å².